The Balaban J connectivity index is 0.000000229. The number of aromatic nitrogens is 10. The van der Waals surface area contributed by atoms with Gasteiger partial charge in [0.1, 0.15) is 16.0 Å². The summed E-state index contributed by atoms with van der Waals surface area (Å²) in [7, 11) is -2.12. The molecule has 0 unspecified atom stereocenters. The van der Waals surface area contributed by atoms with E-state index in [4.69, 9.17) is 56.3 Å². The van der Waals surface area contributed by atoms with Gasteiger partial charge in [-0.3, -0.25) is 19.5 Å². The lowest BCUT2D eigenvalue weighted by Gasteiger charge is -2.10. The lowest BCUT2D eigenvalue weighted by Crippen LogP contribution is -2.09. The Hall–Kier alpha value is -9.24. The fraction of sp³-hybridized carbons (Fsp3) is 0.250. The van der Waals surface area contributed by atoms with E-state index in [2.05, 4.69) is 86.8 Å². The second-order valence-electron chi connectivity index (χ2n) is 21.6. The molecule has 0 radical (unpaired) electrons. The van der Waals surface area contributed by atoms with Crippen molar-refractivity contribution in [2.24, 2.45) is 0 Å². The van der Waals surface area contributed by atoms with Crippen molar-refractivity contribution in [1.29, 1.82) is 0 Å². The molecular formula is C72H73Cl2F5N10O7S3. The Morgan fingerprint density at radius 1 is 0.515 bits per heavy atom. The van der Waals surface area contributed by atoms with Crippen molar-refractivity contribution in [3.8, 4) is 6.01 Å². The highest BCUT2D eigenvalue weighted by molar-refractivity contribution is 7.90. The molecule has 0 saturated heterocycles. The third kappa shape index (κ3) is 25.2. The molecule has 0 amide bonds. The van der Waals surface area contributed by atoms with Crippen LogP contribution in [0.4, 0.5) is 23.0 Å². The number of aliphatic hydroxyl groups excluding tert-OH is 1. The molecule has 12 rings (SSSR count). The summed E-state index contributed by atoms with van der Waals surface area (Å²) >= 11 is 15.8. The molecule has 0 bridgehead atoms. The summed E-state index contributed by atoms with van der Waals surface area (Å²) in [4.78, 5) is 67.3. The van der Waals surface area contributed by atoms with Gasteiger partial charge in [0.05, 0.1) is 68.6 Å². The number of rotatable bonds is 18. The molecule has 8 aromatic heterocycles. The van der Waals surface area contributed by atoms with Gasteiger partial charge in [0, 0.05) is 96.7 Å². The average Bonchev–Trinajstić information content (AvgIpc) is 1.44. The molecule has 27 heteroatoms. The van der Waals surface area contributed by atoms with Gasteiger partial charge in [0.15, 0.2) is 6.29 Å². The van der Waals surface area contributed by atoms with Crippen LogP contribution in [0.15, 0.2) is 157 Å². The predicted molar refractivity (Wildman–Crippen MR) is 384 cm³/mol. The minimum absolute atomic E-state index is 0. The van der Waals surface area contributed by atoms with Crippen LogP contribution in [0.3, 0.4) is 0 Å². The number of esters is 1. The summed E-state index contributed by atoms with van der Waals surface area (Å²) in [6.07, 6.45) is 11.2. The maximum atomic E-state index is 11.6. The van der Waals surface area contributed by atoms with Crippen molar-refractivity contribution >= 4 is 118 Å². The maximum Gasteiger partial charge on any atom is 0.330 e. The number of nitrogens with zero attached hydrogens (tertiary/aromatic N) is 10. The van der Waals surface area contributed by atoms with Gasteiger partial charge in [-0.1, -0.05) is 120 Å². The fourth-order valence-corrected chi connectivity index (χ4v) is 12.4. The van der Waals surface area contributed by atoms with E-state index in [0.29, 0.717) is 35.6 Å². The number of carbonyl (C=O) groups excluding carboxylic acids is 2. The third-order valence-electron chi connectivity index (χ3n) is 14.5. The van der Waals surface area contributed by atoms with Crippen LogP contribution < -0.4 is 4.74 Å². The Morgan fingerprint density at radius 3 is 1.36 bits per heavy atom. The molecule has 520 valence electrons. The lowest BCUT2D eigenvalue weighted by molar-refractivity contribution is -0.134. The van der Waals surface area contributed by atoms with Gasteiger partial charge in [-0.05, 0) is 148 Å². The first-order chi connectivity index (χ1) is 47.3. The molecule has 4 aromatic carbocycles. The minimum atomic E-state index is -3.47. The van der Waals surface area contributed by atoms with E-state index in [1.165, 1.54) is 28.3 Å². The number of aldehydes is 1. The summed E-state index contributed by atoms with van der Waals surface area (Å²) in [5, 5.41) is 15.7. The number of hydrogen-bond donors (Lipinski definition) is 1. The Bertz CT molecular complexity index is 4750. The molecule has 1 N–H and O–H groups in total. The number of thiazole rings is 2. The predicted octanol–water partition coefficient (Wildman–Crippen LogP) is 17.0. The number of hydrogen-bond acceptors (Lipinski definition) is 19. The van der Waals surface area contributed by atoms with E-state index in [-0.39, 0.29) is 27.6 Å². The van der Waals surface area contributed by atoms with Crippen molar-refractivity contribution in [1.82, 2.24) is 49.8 Å². The molecule has 0 atom stereocenters. The zero-order valence-electron chi connectivity index (χ0n) is 55.4. The number of fused-ring (bicyclic) bond motifs is 4. The second-order valence-corrected chi connectivity index (χ2v) is 26.8. The first-order valence-electron chi connectivity index (χ1n) is 30.5. The zero-order valence-corrected chi connectivity index (χ0v) is 59.4. The molecule has 0 fully saturated rings. The smallest absolute Gasteiger partial charge is 0.330 e. The third-order valence-corrected chi connectivity index (χ3v) is 18.4. The number of para-hydroxylation sites is 4. The number of halogens is 7. The Morgan fingerprint density at radius 2 is 0.929 bits per heavy atom. The number of carbonyl (C=O) groups is 2. The number of ether oxygens (including phenoxy) is 2. The summed E-state index contributed by atoms with van der Waals surface area (Å²) in [6.45, 7) is 12.5. The SMILES string of the molecule is COC(=O)/C=C/c1ccc2ccccc2n1.Cc1nc(C)c(CCc2nc(OCCCc3ccc4ccccc4n3)nc(Cl)c2C)s1.Cc1nc(C)c(CCc2nc(S(C)(=O)=O)nc(Cl)c2C)s1.F.FF.FF.O=Cc1ccc2ccccc2n1.OCCCc1ccc2ccccc2n1. The minimum Gasteiger partial charge on any atom is -0.466 e. The first-order valence-corrected chi connectivity index (χ1v) is 34.8. The number of methoxy groups -OCH3 is 1. The molecule has 99 heavy (non-hydrogen) atoms. The summed E-state index contributed by atoms with van der Waals surface area (Å²) < 4.78 is 65.5. The fourth-order valence-electron chi connectivity index (χ4n) is 9.53. The van der Waals surface area contributed by atoms with Gasteiger partial charge in [0.25, 0.3) is 0 Å². The molecule has 0 aliphatic heterocycles. The van der Waals surface area contributed by atoms with E-state index in [9.17, 15) is 18.0 Å². The van der Waals surface area contributed by atoms with Crippen LogP contribution in [0.2, 0.25) is 10.3 Å². The first kappa shape index (κ1) is 80.4. The second kappa shape index (κ2) is 41.2. The van der Waals surface area contributed by atoms with E-state index in [0.717, 1.165) is 151 Å². The number of aliphatic hydroxyl groups is 1. The molecule has 8 heterocycles. The van der Waals surface area contributed by atoms with Gasteiger partial charge in [-0.15, -0.1) is 22.7 Å². The molecule has 0 aliphatic carbocycles. The molecule has 12 aromatic rings. The van der Waals surface area contributed by atoms with Crippen molar-refractivity contribution < 1.29 is 55.6 Å². The highest BCUT2D eigenvalue weighted by Gasteiger charge is 2.18. The van der Waals surface area contributed by atoms with Gasteiger partial charge >= 0.3 is 12.0 Å². The normalized spacial score (nSPS) is 10.6. The average molecular weight is 1450 g/mol. The van der Waals surface area contributed by atoms with Crippen LogP contribution in [-0.4, -0.2) is 102 Å². The van der Waals surface area contributed by atoms with Gasteiger partial charge in [-0.25, -0.2) is 43.1 Å². The van der Waals surface area contributed by atoms with E-state index in [1.54, 1.807) is 41.7 Å². The standard InChI is InChI=1S/C24H25ClN4OS.C13H16ClN3O2S2.C13H11NO2.C12H13NO.C10H7NO.2F2.FH/c1-15-20(12-13-22-16(2)26-17(3)31-22)28-24(29-23(15)25)30-14-6-8-19-11-10-18-7-4-5-9-21(18)27-19;1-7-10(5-6-11-8(2)15-9(3)20-11)16-13(17-12(7)14)21(4,18)19;1-16-13(15)9-8-11-7-6-10-4-2-3-5-12(10)14-11;14-9-3-5-11-8-7-10-4-1-2-6-12(10)13-11;12-7-9-6-5-8-3-1-2-4-10(8)11-9;2*1-2;/h4-5,7,9-11H,6,8,12-14H2,1-3H3;5-6H2,1-4H3;2-9H,1H3;1-2,4,6-8,14H,3,5,9H2;1-7H;;;1H/b;;9-8+;;;;;. The maximum absolute atomic E-state index is 11.6. The van der Waals surface area contributed by atoms with Crippen LogP contribution in [-0.2, 0) is 57.9 Å². The van der Waals surface area contributed by atoms with Crippen molar-refractivity contribution in [3.63, 3.8) is 0 Å². The highest BCUT2D eigenvalue weighted by atomic mass is 35.5. The van der Waals surface area contributed by atoms with Gasteiger partial charge in [-0.2, -0.15) is 9.97 Å². The van der Waals surface area contributed by atoms with Gasteiger partial charge < -0.3 is 14.6 Å². The van der Waals surface area contributed by atoms with Crippen LogP contribution in [0.5, 0.6) is 6.01 Å². The number of pyridine rings is 4. The number of benzene rings is 4. The molecule has 0 aliphatic rings. The monoisotopic (exact) mass is 1450 g/mol. The Kier molecular flexibility index (Phi) is 33.5. The summed E-state index contributed by atoms with van der Waals surface area (Å²) in [5.41, 5.74) is 12.5. The summed E-state index contributed by atoms with van der Waals surface area (Å²) in [6, 6.07) is 47.8. The quantitative estimate of drug-likeness (QED) is 0.0160. The van der Waals surface area contributed by atoms with E-state index < -0.39 is 9.84 Å². The summed E-state index contributed by atoms with van der Waals surface area (Å²) in [5.74, 6) is -0.380. The van der Waals surface area contributed by atoms with Crippen LogP contribution in [0, 0.1) is 41.5 Å². The molecule has 0 saturated carbocycles. The van der Waals surface area contributed by atoms with Gasteiger partial charge in [0.2, 0.25) is 15.0 Å². The molecule has 0 spiro atoms. The van der Waals surface area contributed by atoms with E-state index >= 15 is 0 Å². The Labute approximate surface area is 588 Å². The van der Waals surface area contributed by atoms with Crippen molar-refractivity contribution in [2.45, 2.75) is 98.1 Å². The largest absolute Gasteiger partial charge is 0.466 e. The molecule has 17 nitrogen and oxygen atoms in total. The number of aryl methyl sites for hydroxylation is 10. The van der Waals surface area contributed by atoms with Crippen LogP contribution >= 0.6 is 45.9 Å². The zero-order chi connectivity index (χ0) is 71.2. The van der Waals surface area contributed by atoms with Crippen molar-refractivity contribution in [2.75, 3.05) is 26.6 Å². The van der Waals surface area contributed by atoms with E-state index in [1.807, 2.05) is 137 Å². The lowest BCUT2D eigenvalue weighted by atomic mass is 10.1. The topological polar surface area (TPSA) is 236 Å². The molecular weight excluding hydrogens is 1380 g/mol. The van der Waals surface area contributed by atoms with Crippen LogP contribution in [0.1, 0.15) is 94.1 Å². The van der Waals surface area contributed by atoms with Crippen LogP contribution in [0.25, 0.3) is 49.7 Å². The number of sulfone groups is 1. The highest BCUT2D eigenvalue weighted by Crippen LogP contribution is 2.26. The van der Waals surface area contributed by atoms with Crippen molar-refractivity contribution in [3.05, 3.63) is 238 Å².